The van der Waals surface area contributed by atoms with Crippen molar-refractivity contribution in [3.63, 3.8) is 0 Å². The number of aromatic hydroxyl groups is 1. The summed E-state index contributed by atoms with van der Waals surface area (Å²) in [5.41, 5.74) is 1.14. The zero-order valence-electron chi connectivity index (χ0n) is 21.8. The van der Waals surface area contributed by atoms with Gasteiger partial charge < -0.3 is 29.2 Å². The Kier molecular flexibility index (Phi) is 7.43. The average Bonchev–Trinajstić information content (AvgIpc) is 2.96. The van der Waals surface area contributed by atoms with E-state index in [9.17, 15) is 15.0 Å². The molecule has 4 aromatic rings. The number of ether oxygens (including phenoxy) is 4. The molecule has 0 unspecified atom stereocenters. The highest BCUT2D eigenvalue weighted by molar-refractivity contribution is 5.87. The van der Waals surface area contributed by atoms with Crippen molar-refractivity contribution in [1.82, 2.24) is 0 Å². The molecule has 0 aliphatic carbocycles. The molecule has 2 atom stereocenters. The fourth-order valence-corrected chi connectivity index (χ4v) is 4.66. The molecule has 0 saturated carbocycles. The summed E-state index contributed by atoms with van der Waals surface area (Å²) >= 11 is 0. The number of carbonyl (C=O) groups is 1. The predicted molar refractivity (Wildman–Crippen MR) is 145 cm³/mol. The molecule has 0 aromatic heterocycles. The Bertz CT molecular complexity index is 1450. The number of ketones is 1. The van der Waals surface area contributed by atoms with E-state index in [4.69, 9.17) is 18.9 Å². The van der Waals surface area contributed by atoms with E-state index in [1.807, 2.05) is 60.7 Å². The quantitative estimate of drug-likeness (QED) is 0.295. The Balaban J connectivity index is 1.54. The van der Waals surface area contributed by atoms with Crippen LogP contribution in [0, 0.1) is 0 Å². The number of hydrogen-bond acceptors (Lipinski definition) is 7. The summed E-state index contributed by atoms with van der Waals surface area (Å²) in [6, 6.07) is 27.6. The Labute approximate surface area is 227 Å². The van der Waals surface area contributed by atoms with Gasteiger partial charge in [-0.15, -0.1) is 0 Å². The highest BCUT2D eigenvalue weighted by atomic mass is 16.5. The minimum atomic E-state index is -1.88. The summed E-state index contributed by atoms with van der Waals surface area (Å²) in [5.74, 6) is 1.11. The van der Waals surface area contributed by atoms with Crippen LogP contribution in [0.3, 0.4) is 0 Å². The maximum atomic E-state index is 12.9. The Morgan fingerprint density at radius 1 is 0.897 bits per heavy atom. The molecule has 39 heavy (non-hydrogen) atoms. The number of fused-ring (bicyclic) bond motifs is 1. The van der Waals surface area contributed by atoms with Crippen molar-refractivity contribution in [3.8, 4) is 28.7 Å². The SMILES string of the molecule is COc1cc([C@H]2Oc3cc(OCc4ccccc4)cc(OCc4ccccc4)c3C[C@@]2(O)C(C)=O)ccc1O. The van der Waals surface area contributed by atoms with Crippen molar-refractivity contribution in [1.29, 1.82) is 0 Å². The van der Waals surface area contributed by atoms with Gasteiger partial charge >= 0.3 is 0 Å². The van der Waals surface area contributed by atoms with Gasteiger partial charge in [0.25, 0.3) is 0 Å². The smallest absolute Gasteiger partial charge is 0.167 e. The molecule has 0 amide bonds. The van der Waals surface area contributed by atoms with E-state index in [1.54, 1.807) is 24.3 Å². The fraction of sp³-hybridized carbons (Fsp3) is 0.219. The van der Waals surface area contributed by atoms with Crippen LogP contribution in [-0.4, -0.2) is 28.7 Å². The molecule has 7 heteroatoms. The van der Waals surface area contributed by atoms with Gasteiger partial charge in [0.05, 0.1) is 7.11 Å². The number of phenols is 1. The first kappa shape index (κ1) is 26.1. The molecule has 1 aliphatic heterocycles. The minimum absolute atomic E-state index is 0.0331. The summed E-state index contributed by atoms with van der Waals surface area (Å²) in [6.07, 6.45) is -1.09. The lowest BCUT2D eigenvalue weighted by molar-refractivity contribution is -0.149. The summed E-state index contributed by atoms with van der Waals surface area (Å²) < 4.78 is 23.9. The number of Topliss-reactive ketones (excluding diaryl/α,β-unsaturated/α-hetero) is 1. The second-order valence-electron chi connectivity index (χ2n) is 9.53. The third-order valence-electron chi connectivity index (χ3n) is 6.87. The monoisotopic (exact) mass is 526 g/mol. The van der Waals surface area contributed by atoms with Gasteiger partial charge in [0.2, 0.25) is 0 Å². The molecule has 0 spiro atoms. The van der Waals surface area contributed by atoms with Gasteiger partial charge in [0, 0.05) is 24.1 Å². The zero-order chi connectivity index (χ0) is 27.4. The normalized spacial score (nSPS) is 18.0. The maximum Gasteiger partial charge on any atom is 0.167 e. The Hall–Kier alpha value is -4.49. The molecule has 200 valence electrons. The summed E-state index contributed by atoms with van der Waals surface area (Å²) in [7, 11) is 1.43. The predicted octanol–water partition coefficient (Wildman–Crippen LogP) is 5.56. The molecule has 1 heterocycles. The number of phenolic OH excluding ortho intramolecular Hbond substituents is 1. The van der Waals surface area contributed by atoms with Crippen LogP contribution < -0.4 is 18.9 Å². The molecule has 0 saturated heterocycles. The molecule has 2 N–H and O–H groups in total. The van der Waals surface area contributed by atoms with Gasteiger partial charge in [-0.1, -0.05) is 66.7 Å². The van der Waals surface area contributed by atoms with E-state index in [0.717, 1.165) is 11.1 Å². The maximum absolute atomic E-state index is 12.9. The van der Waals surface area contributed by atoms with Gasteiger partial charge in [-0.25, -0.2) is 0 Å². The summed E-state index contributed by atoms with van der Waals surface area (Å²) in [5, 5.41) is 21.8. The molecular formula is C32H30O7. The lowest BCUT2D eigenvalue weighted by atomic mass is 9.79. The van der Waals surface area contributed by atoms with Crippen molar-refractivity contribution in [2.24, 2.45) is 0 Å². The molecule has 4 aromatic carbocycles. The van der Waals surface area contributed by atoms with Crippen molar-refractivity contribution in [3.05, 3.63) is 113 Å². The highest BCUT2D eigenvalue weighted by Crippen LogP contribution is 2.48. The van der Waals surface area contributed by atoms with E-state index in [0.29, 0.717) is 35.0 Å². The van der Waals surface area contributed by atoms with Crippen LogP contribution in [0.5, 0.6) is 28.7 Å². The number of benzene rings is 4. The molecule has 1 aliphatic rings. The molecule has 0 bridgehead atoms. The third kappa shape index (κ3) is 5.54. The number of carbonyl (C=O) groups excluding carboxylic acids is 1. The van der Waals surface area contributed by atoms with Crippen LogP contribution in [0.15, 0.2) is 91.0 Å². The van der Waals surface area contributed by atoms with Gasteiger partial charge in [-0.2, -0.15) is 0 Å². The van der Waals surface area contributed by atoms with Gasteiger partial charge in [0.1, 0.15) is 30.5 Å². The second kappa shape index (κ2) is 11.1. The molecular weight excluding hydrogens is 496 g/mol. The lowest BCUT2D eigenvalue weighted by Crippen LogP contribution is -2.50. The first-order valence-corrected chi connectivity index (χ1v) is 12.6. The molecule has 0 radical (unpaired) electrons. The van der Waals surface area contributed by atoms with E-state index in [-0.39, 0.29) is 24.5 Å². The number of methoxy groups -OCH3 is 1. The topological polar surface area (TPSA) is 94.5 Å². The highest BCUT2D eigenvalue weighted by Gasteiger charge is 2.49. The van der Waals surface area contributed by atoms with Crippen molar-refractivity contribution in [2.75, 3.05) is 7.11 Å². The zero-order valence-corrected chi connectivity index (χ0v) is 21.8. The molecule has 5 rings (SSSR count). The van der Waals surface area contributed by atoms with Crippen LogP contribution in [-0.2, 0) is 24.4 Å². The number of rotatable bonds is 9. The first-order chi connectivity index (χ1) is 18.9. The van der Waals surface area contributed by atoms with E-state index in [2.05, 4.69) is 0 Å². The van der Waals surface area contributed by atoms with Crippen LogP contribution in [0.4, 0.5) is 0 Å². The van der Waals surface area contributed by atoms with Crippen LogP contribution in [0.2, 0.25) is 0 Å². The van der Waals surface area contributed by atoms with Gasteiger partial charge in [-0.05, 0) is 35.7 Å². The van der Waals surface area contributed by atoms with E-state index >= 15 is 0 Å². The Morgan fingerprint density at radius 3 is 2.15 bits per heavy atom. The number of aliphatic hydroxyl groups is 1. The van der Waals surface area contributed by atoms with Crippen molar-refractivity contribution in [2.45, 2.75) is 38.3 Å². The molecule has 7 nitrogen and oxygen atoms in total. The largest absolute Gasteiger partial charge is 0.504 e. The van der Waals surface area contributed by atoms with Crippen LogP contribution >= 0.6 is 0 Å². The number of hydrogen-bond donors (Lipinski definition) is 2. The van der Waals surface area contributed by atoms with Crippen molar-refractivity contribution < 1.29 is 34.0 Å². The summed E-state index contributed by atoms with van der Waals surface area (Å²) in [4.78, 5) is 12.9. The summed E-state index contributed by atoms with van der Waals surface area (Å²) in [6.45, 7) is 1.96. The fourth-order valence-electron chi connectivity index (χ4n) is 4.66. The van der Waals surface area contributed by atoms with E-state index in [1.165, 1.54) is 20.1 Å². The first-order valence-electron chi connectivity index (χ1n) is 12.6. The Morgan fingerprint density at radius 2 is 1.54 bits per heavy atom. The third-order valence-corrected chi connectivity index (χ3v) is 6.87. The van der Waals surface area contributed by atoms with Gasteiger partial charge in [-0.3, -0.25) is 4.79 Å². The van der Waals surface area contributed by atoms with E-state index < -0.39 is 17.5 Å². The minimum Gasteiger partial charge on any atom is -0.504 e. The lowest BCUT2D eigenvalue weighted by Gasteiger charge is -2.40. The van der Waals surface area contributed by atoms with Crippen molar-refractivity contribution >= 4 is 5.78 Å². The average molecular weight is 527 g/mol. The van der Waals surface area contributed by atoms with Crippen LogP contribution in [0.25, 0.3) is 0 Å². The van der Waals surface area contributed by atoms with Gasteiger partial charge in [0.15, 0.2) is 29.0 Å². The second-order valence-corrected chi connectivity index (χ2v) is 9.53. The molecule has 0 fully saturated rings. The van der Waals surface area contributed by atoms with Crippen LogP contribution in [0.1, 0.15) is 35.3 Å². The standard InChI is InChI=1S/C32H30O7/c1-21(33)32(35)18-26-28(38-20-23-11-7-4-8-12-23)16-25(37-19-22-9-5-3-6-10-22)17-29(26)39-31(32)24-13-14-27(34)30(15-24)36-2/h3-17,31,34-35H,18-20H2,1-2H3/t31-,32-/m1/s1.